The molecule has 0 N–H and O–H groups in total. The minimum Gasteiger partial charge on any atom is -0.414 e. The molecule has 12 heteroatoms. The van der Waals surface area contributed by atoms with Crippen molar-refractivity contribution < 1.29 is 46.1 Å². The van der Waals surface area contributed by atoms with Crippen LogP contribution in [-0.4, -0.2) is 86.6 Å². The molecule has 3 saturated heterocycles. The highest BCUT2D eigenvalue weighted by Crippen LogP contribution is 2.48. The van der Waals surface area contributed by atoms with E-state index in [0.29, 0.717) is 26.4 Å². The van der Waals surface area contributed by atoms with Gasteiger partial charge in [-0.15, -0.1) is 0 Å². The quantitative estimate of drug-likeness (QED) is 0.123. The summed E-state index contributed by atoms with van der Waals surface area (Å²) in [5.74, 6) is 0. The Labute approximate surface area is 336 Å². The number of hydrogen-bond donors (Lipinski definition) is 0. The van der Waals surface area contributed by atoms with Crippen LogP contribution < -0.4 is 0 Å². The number of ether oxygens (including phenoxy) is 7. The highest BCUT2D eigenvalue weighted by atomic mass is 28.5. The molecule has 0 aromatic heterocycles. The lowest BCUT2D eigenvalue weighted by Gasteiger charge is -2.51. The van der Waals surface area contributed by atoms with E-state index in [1.807, 2.05) is 78.9 Å². The monoisotopic (exact) mass is 808 g/mol. The van der Waals surface area contributed by atoms with Crippen LogP contribution in [0.2, 0.25) is 22.2 Å². The maximum Gasteiger partial charge on any atom is 0.335 e. The van der Waals surface area contributed by atoms with Gasteiger partial charge in [-0.05, 0) is 38.9 Å². The van der Waals surface area contributed by atoms with Crippen molar-refractivity contribution in [3.05, 3.63) is 108 Å². The molecule has 8 atom stereocenters. The first kappa shape index (κ1) is 43.3. The van der Waals surface area contributed by atoms with Gasteiger partial charge in [0.1, 0.15) is 36.6 Å². The Bertz CT molecular complexity index is 1580. The third kappa shape index (κ3) is 9.76. The standard InChI is InChI=1S/C44H64O10Si2/c1-30(2)55(31(3)4)50-29-38-40(53-56(54-55,32(5)6)33(7)8)42(48-27-36-23-17-12-18-24-36)44(52-38)49-28-37-39(46-25-34-19-13-10-14-20-34)41(43(45-9)51-37)47-26-35-21-15-11-16-22-35/h10-24,30-33,37-44H,25-29H2,1-9H3/t37-,38-,39-,40-,41+,42+,43+,44+/m1/s1. The van der Waals surface area contributed by atoms with Crippen molar-refractivity contribution in [1.29, 1.82) is 0 Å². The van der Waals surface area contributed by atoms with Crippen LogP contribution in [0.25, 0.3) is 0 Å². The van der Waals surface area contributed by atoms with Crippen molar-refractivity contribution >= 4 is 17.1 Å². The molecule has 56 heavy (non-hydrogen) atoms. The minimum atomic E-state index is -2.97. The van der Waals surface area contributed by atoms with Crippen LogP contribution in [0.4, 0.5) is 0 Å². The van der Waals surface area contributed by atoms with Gasteiger partial charge in [-0.3, -0.25) is 0 Å². The van der Waals surface area contributed by atoms with Gasteiger partial charge >= 0.3 is 17.1 Å². The van der Waals surface area contributed by atoms with Gasteiger partial charge in [0.05, 0.1) is 33.0 Å². The third-order valence-electron chi connectivity index (χ3n) is 11.4. The van der Waals surface area contributed by atoms with Gasteiger partial charge in [0.2, 0.25) is 0 Å². The molecule has 0 aliphatic carbocycles. The third-order valence-corrected chi connectivity index (χ3v) is 21.6. The number of hydrogen-bond acceptors (Lipinski definition) is 10. The predicted octanol–water partition coefficient (Wildman–Crippen LogP) is 8.81. The average Bonchev–Trinajstić information content (AvgIpc) is 3.70. The van der Waals surface area contributed by atoms with Crippen LogP contribution in [-0.2, 0) is 65.9 Å². The molecule has 10 nitrogen and oxygen atoms in total. The van der Waals surface area contributed by atoms with Crippen LogP contribution in [0.5, 0.6) is 0 Å². The summed E-state index contributed by atoms with van der Waals surface area (Å²) in [6.07, 6.45) is -4.46. The second-order valence-corrected chi connectivity index (χ2v) is 25.3. The van der Waals surface area contributed by atoms with Gasteiger partial charge in [-0.25, -0.2) is 0 Å². The average molecular weight is 809 g/mol. The van der Waals surface area contributed by atoms with Crippen molar-refractivity contribution in [3.63, 3.8) is 0 Å². The van der Waals surface area contributed by atoms with Gasteiger partial charge in [-0.2, -0.15) is 0 Å². The molecule has 0 bridgehead atoms. The normalized spacial score (nSPS) is 28.9. The molecule has 308 valence electrons. The zero-order valence-corrected chi connectivity index (χ0v) is 36.7. The summed E-state index contributed by atoms with van der Waals surface area (Å²) in [5, 5.41) is 0. The predicted molar refractivity (Wildman–Crippen MR) is 219 cm³/mol. The Morgan fingerprint density at radius 2 is 1.02 bits per heavy atom. The van der Waals surface area contributed by atoms with E-state index in [9.17, 15) is 0 Å². The van der Waals surface area contributed by atoms with E-state index in [-0.39, 0.29) is 28.8 Å². The van der Waals surface area contributed by atoms with Gasteiger partial charge in [0.25, 0.3) is 0 Å². The highest BCUT2D eigenvalue weighted by molar-refractivity contribution is 6.84. The summed E-state index contributed by atoms with van der Waals surface area (Å²) in [6, 6.07) is 30.3. The minimum absolute atomic E-state index is 0.144. The van der Waals surface area contributed by atoms with E-state index >= 15 is 0 Å². The van der Waals surface area contributed by atoms with Crippen molar-refractivity contribution in [3.8, 4) is 0 Å². The molecular weight excluding hydrogens is 745 g/mol. The molecule has 6 rings (SSSR count). The Morgan fingerprint density at radius 1 is 0.554 bits per heavy atom. The molecule has 3 aromatic carbocycles. The van der Waals surface area contributed by atoms with E-state index in [4.69, 9.17) is 46.1 Å². The zero-order chi connectivity index (χ0) is 39.9. The van der Waals surface area contributed by atoms with Crippen LogP contribution in [0, 0.1) is 0 Å². The van der Waals surface area contributed by atoms with Crippen LogP contribution in [0.1, 0.15) is 72.1 Å². The van der Waals surface area contributed by atoms with Gasteiger partial charge in [-0.1, -0.05) is 146 Å². The molecule has 0 spiro atoms. The molecule has 3 aliphatic heterocycles. The lowest BCUT2D eigenvalue weighted by atomic mass is 10.1. The lowest BCUT2D eigenvalue weighted by Crippen LogP contribution is -2.66. The number of benzene rings is 3. The molecular formula is C44H64O10Si2. The van der Waals surface area contributed by atoms with Crippen molar-refractivity contribution in [2.75, 3.05) is 20.3 Å². The number of rotatable bonds is 17. The maximum absolute atomic E-state index is 7.49. The summed E-state index contributed by atoms with van der Waals surface area (Å²) in [7, 11) is -4.12. The lowest BCUT2D eigenvalue weighted by molar-refractivity contribution is -0.210. The molecule has 0 unspecified atom stereocenters. The fourth-order valence-electron chi connectivity index (χ4n) is 8.30. The summed E-state index contributed by atoms with van der Waals surface area (Å²) >= 11 is 0. The molecule has 3 aliphatic rings. The largest absolute Gasteiger partial charge is 0.414 e. The number of fused-ring (bicyclic) bond motifs is 1. The molecule has 0 radical (unpaired) electrons. The molecule has 0 amide bonds. The van der Waals surface area contributed by atoms with E-state index < -0.39 is 66.3 Å². The van der Waals surface area contributed by atoms with Crippen molar-refractivity contribution in [1.82, 2.24) is 0 Å². The summed E-state index contributed by atoms with van der Waals surface area (Å²) < 4.78 is 67.9. The molecule has 0 saturated carbocycles. The van der Waals surface area contributed by atoms with E-state index in [0.717, 1.165) is 16.7 Å². The summed E-state index contributed by atoms with van der Waals surface area (Å²) in [5.41, 5.74) is 3.86. The first-order valence-electron chi connectivity index (χ1n) is 20.4. The van der Waals surface area contributed by atoms with Gasteiger partial charge in [0.15, 0.2) is 12.6 Å². The van der Waals surface area contributed by atoms with E-state index in [1.54, 1.807) is 7.11 Å². The first-order valence-corrected chi connectivity index (χ1v) is 24.4. The smallest absolute Gasteiger partial charge is 0.335 e. The Morgan fingerprint density at radius 3 is 1.48 bits per heavy atom. The van der Waals surface area contributed by atoms with Gasteiger partial charge < -0.3 is 46.1 Å². The highest BCUT2D eigenvalue weighted by Gasteiger charge is 2.62. The van der Waals surface area contributed by atoms with Crippen molar-refractivity contribution in [2.24, 2.45) is 0 Å². The Kier molecular flexibility index (Phi) is 15.2. The fourth-order valence-corrected chi connectivity index (χ4v) is 19.5. The SMILES string of the molecule is CO[C@H]1O[C@H](CO[C@H]2O[C@@H]3CO[Si](C(C)C)(C(C)C)O[Si](C(C)C)(C(C)C)O[C@H]3[C@@H]2OCc2ccccc2)[C@@H](OCc2ccccc2)[C@@H]1OCc1ccccc1. The van der Waals surface area contributed by atoms with Crippen molar-refractivity contribution in [2.45, 2.75) is 147 Å². The van der Waals surface area contributed by atoms with Gasteiger partial charge in [0, 0.05) is 7.11 Å². The van der Waals surface area contributed by atoms with Crippen LogP contribution in [0.15, 0.2) is 91.0 Å². The Hall–Kier alpha value is -2.31. The maximum atomic E-state index is 7.49. The fraction of sp³-hybridized carbons (Fsp3) is 0.591. The second-order valence-electron chi connectivity index (χ2n) is 16.5. The van der Waals surface area contributed by atoms with Crippen LogP contribution in [0.3, 0.4) is 0 Å². The van der Waals surface area contributed by atoms with E-state index in [2.05, 4.69) is 67.5 Å². The topological polar surface area (TPSA) is 92.3 Å². The Balaban J connectivity index is 1.28. The first-order chi connectivity index (χ1) is 27.0. The molecule has 3 aromatic rings. The zero-order valence-electron chi connectivity index (χ0n) is 34.7. The molecule has 3 fully saturated rings. The van der Waals surface area contributed by atoms with Crippen LogP contribution >= 0.6 is 0 Å². The van der Waals surface area contributed by atoms with E-state index in [1.165, 1.54) is 0 Å². The summed E-state index contributed by atoms with van der Waals surface area (Å²) in [4.78, 5) is 0. The second kappa shape index (κ2) is 19.6. The molecule has 3 heterocycles. The summed E-state index contributed by atoms with van der Waals surface area (Å²) in [6.45, 7) is 19.4. The number of methoxy groups -OCH3 is 1.